The monoisotopic (exact) mass is 698 g/mol. The van der Waals surface area contributed by atoms with Crippen LogP contribution < -0.4 is 9.47 Å². The molecule has 0 amide bonds. The van der Waals surface area contributed by atoms with Gasteiger partial charge in [0, 0.05) is 5.56 Å². The Bertz CT molecular complexity index is 1380. The standard InChI is InChI=1S/C40H53F3N2O5/c1-3-5-7-9-10-11-12-13-14-15-16-18-28-48-35-29-44-37(45-30-35)31-20-22-32(23-21-31)38(46)49-34-26-24-33(25-27-34)39(47)50-36(40(41,42)43)19-17-8-6-4-2/h20-27,29-30,36H,3-19,28H2,1-2H3/t36-/m0/s1. The Hall–Kier alpha value is -3.95. The van der Waals surface area contributed by atoms with E-state index in [0.29, 0.717) is 36.6 Å². The summed E-state index contributed by atoms with van der Waals surface area (Å²) < 4.78 is 56.2. The minimum Gasteiger partial charge on any atom is -0.490 e. The zero-order valence-corrected chi connectivity index (χ0v) is 29.6. The molecule has 0 radical (unpaired) electrons. The second kappa shape index (κ2) is 22.7. The van der Waals surface area contributed by atoms with Gasteiger partial charge in [-0.2, -0.15) is 13.2 Å². The number of hydrogen-bond acceptors (Lipinski definition) is 7. The summed E-state index contributed by atoms with van der Waals surface area (Å²) in [4.78, 5) is 33.9. The van der Waals surface area contributed by atoms with Crippen LogP contribution in [0, 0.1) is 0 Å². The number of unbranched alkanes of at least 4 members (excludes halogenated alkanes) is 14. The molecular formula is C40H53F3N2O5. The first-order valence-corrected chi connectivity index (χ1v) is 18.4. The lowest BCUT2D eigenvalue weighted by Crippen LogP contribution is -2.33. The summed E-state index contributed by atoms with van der Waals surface area (Å²) in [6, 6.07) is 11.8. The number of esters is 2. The van der Waals surface area contributed by atoms with Crippen molar-refractivity contribution >= 4 is 11.9 Å². The van der Waals surface area contributed by atoms with Crippen LogP contribution in [0.1, 0.15) is 144 Å². The van der Waals surface area contributed by atoms with Crippen LogP contribution in [0.15, 0.2) is 60.9 Å². The predicted molar refractivity (Wildman–Crippen MR) is 189 cm³/mol. The summed E-state index contributed by atoms with van der Waals surface area (Å²) in [6.07, 6.45) is 14.3. The fourth-order valence-electron chi connectivity index (χ4n) is 5.50. The summed E-state index contributed by atoms with van der Waals surface area (Å²) in [7, 11) is 0. The van der Waals surface area contributed by atoms with Crippen molar-refractivity contribution in [2.45, 2.75) is 135 Å². The van der Waals surface area contributed by atoms with Crippen molar-refractivity contribution in [3.05, 3.63) is 72.1 Å². The molecule has 3 rings (SSSR count). The van der Waals surface area contributed by atoms with E-state index in [0.717, 1.165) is 25.7 Å². The second-order valence-corrected chi connectivity index (χ2v) is 12.8. The number of rotatable bonds is 24. The van der Waals surface area contributed by atoms with Crippen molar-refractivity contribution in [1.82, 2.24) is 9.97 Å². The number of carbonyl (C=O) groups is 2. The molecule has 7 nitrogen and oxygen atoms in total. The van der Waals surface area contributed by atoms with Crippen molar-refractivity contribution in [3.63, 3.8) is 0 Å². The van der Waals surface area contributed by atoms with Gasteiger partial charge in [-0.1, -0.05) is 116 Å². The largest absolute Gasteiger partial charge is 0.490 e. The SMILES string of the molecule is CCCCCCCCCCCCCCOc1cnc(-c2ccc(C(=O)Oc3ccc(C(=O)O[C@@H](CCCCCC)C(F)(F)F)cc3)cc2)nc1. The van der Waals surface area contributed by atoms with Crippen LogP contribution in [0.25, 0.3) is 11.4 Å². The van der Waals surface area contributed by atoms with E-state index in [4.69, 9.17) is 14.2 Å². The Balaban J connectivity index is 1.37. The minimum absolute atomic E-state index is 0.0716. The summed E-state index contributed by atoms with van der Waals surface area (Å²) >= 11 is 0. The van der Waals surface area contributed by atoms with E-state index in [1.165, 1.54) is 88.5 Å². The number of nitrogens with zero attached hydrogens (tertiary/aromatic N) is 2. The lowest BCUT2D eigenvalue weighted by molar-refractivity contribution is -0.206. The Morgan fingerprint density at radius 3 is 1.64 bits per heavy atom. The third-order valence-corrected chi connectivity index (χ3v) is 8.51. The molecule has 274 valence electrons. The number of ether oxygens (including phenoxy) is 3. The highest BCUT2D eigenvalue weighted by Crippen LogP contribution is 2.28. The molecule has 1 atom stereocenters. The van der Waals surface area contributed by atoms with Crippen LogP contribution in [0.3, 0.4) is 0 Å². The van der Waals surface area contributed by atoms with Gasteiger partial charge in [-0.25, -0.2) is 19.6 Å². The van der Waals surface area contributed by atoms with Gasteiger partial charge >= 0.3 is 18.1 Å². The van der Waals surface area contributed by atoms with Gasteiger partial charge in [-0.3, -0.25) is 0 Å². The number of halogens is 3. The van der Waals surface area contributed by atoms with Crippen molar-refractivity contribution in [1.29, 1.82) is 0 Å². The third-order valence-electron chi connectivity index (χ3n) is 8.51. The van der Waals surface area contributed by atoms with Crippen molar-refractivity contribution < 1.29 is 37.0 Å². The lowest BCUT2D eigenvalue weighted by atomic mass is 10.1. The topological polar surface area (TPSA) is 87.6 Å². The van der Waals surface area contributed by atoms with Crippen molar-refractivity contribution in [3.8, 4) is 22.9 Å². The van der Waals surface area contributed by atoms with Gasteiger partial charge in [-0.05, 0) is 55.7 Å². The average molecular weight is 699 g/mol. The number of aromatic nitrogens is 2. The fourth-order valence-corrected chi connectivity index (χ4v) is 5.50. The molecule has 0 bridgehead atoms. The first kappa shape index (κ1) is 40.5. The molecule has 0 unspecified atom stereocenters. The van der Waals surface area contributed by atoms with Crippen LogP contribution in [0.5, 0.6) is 11.5 Å². The van der Waals surface area contributed by atoms with Gasteiger partial charge in [-0.15, -0.1) is 0 Å². The summed E-state index contributed by atoms with van der Waals surface area (Å²) in [5, 5.41) is 0. The fraction of sp³-hybridized carbons (Fsp3) is 0.550. The Morgan fingerprint density at radius 2 is 1.10 bits per heavy atom. The maximum atomic E-state index is 13.4. The first-order chi connectivity index (χ1) is 24.2. The van der Waals surface area contributed by atoms with Crippen LogP contribution >= 0.6 is 0 Å². The molecule has 0 aliphatic carbocycles. The molecule has 1 aromatic heterocycles. The van der Waals surface area contributed by atoms with E-state index >= 15 is 0 Å². The van der Waals surface area contributed by atoms with Crippen LogP contribution in [-0.4, -0.2) is 40.8 Å². The molecule has 0 aliphatic heterocycles. The zero-order chi connectivity index (χ0) is 36.0. The zero-order valence-electron chi connectivity index (χ0n) is 29.6. The predicted octanol–water partition coefficient (Wildman–Crippen LogP) is 11.5. The molecule has 0 N–H and O–H groups in total. The number of hydrogen-bond donors (Lipinski definition) is 0. The highest BCUT2D eigenvalue weighted by atomic mass is 19.4. The quantitative estimate of drug-likeness (QED) is 0.0523. The third kappa shape index (κ3) is 15.3. The Morgan fingerprint density at radius 1 is 0.620 bits per heavy atom. The molecule has 50 heavy (non-hydrogen) atoms. The smallest absolute Gasteiger partial charge is 0.425 e. The van der Waals surface area contributed by atoms with Gasteiger partial charge in [0.2, 0.25) is 0 Å². The average Bonchev–Trinajstić information content (AvgIpc) is 3.11. The molecular weight excluding hydrogens is 645 g/mol. The van der Waals surface area contributed by atoms with Gasteiger partial charge in [0.1, 0.15) is 5.75 Å². The maximum absolute atomic E-state index is 13.4. The van der Waals surface area contributed by atoms with Crippen molar-refractivity contribution in [2.24, 2.45) is 0 Å². The van der Waals surface area contributed by atoms with E-state index < -0.39 is 24.2 Å². The number of alkyl halides is 3. The van der Waals surface area contributed by atoms with Gasteiger partial charge < -0.3 is 14.2 Å². The number of benzene rings is 2. The molecule has 0 saturated heterocycles. The lowest BCUT2D eigenvalue weighted by Gasteiger charge is -2.20. The van der Waals surface area contributed by atoms with E-state index in [1.54, 1.807) is 36.7 Å². The first-order valence-electron chi connectivity index (χ1n) is 18.4. The molecule has 0 saturated carbocycles. The van der Waals surface area contributed by atoms with Crippen molar-refractivity contribution in [2.75, 3.05) is 6.61 Å². The second-order valence-electron chi connectivity index (χ2n) is 12.8. The van der Waals surface area contributed by atoms with Crippen LogP contribution in [-0.2, 0) is 4.74 Å². The minimum atomic E-state index is -4.65. The molecule has 0 spiro atoms. The van der Waals surface area contributed by atoms with E-state index in [1.807, 2.05) is 6.92 Å². The van der Waals surface area contributed by atoms with Crippen LogP contribution in [0.2, 0.25) is 0 Å². The molecule has 1 heterocycles. The molecule has 10 heteroatoms. The van der Waals surface area contributed by atoms with E-state index in [-0.39, 0.29) is 23.3 Å². The highest BCUT2D eigenvalue weighted by Gasteiger charge is 2.42. The van der Waals surface area contributed by atoms with Gasteiger partial charge in [0.05, 0.1) is 30.1 Å². The van der Waals surface area contributed by atoms with E-state index in [9.17, 15) is 22.8 Å². The molecule has 0 fully saturated rings. The van der Waals surface area contributed by atoms with Crippen LogP contribution in [0.4, 0.5) is 13.2 Å². The molecule has 3 aromatic rings. The highest BCUT2D eigenvalue weighted by molar-refractivity contribution is 5.92. The Labute approximate surface area is 295 Å². The number of carbonyl (C=O) groups excluding carboxylic acids is 2. The maximum Gasteiger partial charge on any atom is 0.425 e. The molecule has 2 aromatic carbocycles. The normalized spacial score (nSPS) is 12.0. The Kier molecular flexibility index (Phi) is 18.4. The van der Waals surface area contributed by atoms with Gasteiger partial charge in [0.15, 0.2) is 17.7 Å². The molecule has 0 aliphatic rings. The van der Waals surface area contributed by atoms with Gasteiger partial charge in [0.25, 0.3) is 0 Å². The van der Waals surface area contributed by atoms with E-state index in [2.05, 4.69) is 16.9 Å². The summed E-state index contributed by atoms with van der Waals surface area (Å²) in [5.74, 6) is -0.501. The summed E-state index contributed by atoms with van der Waals surface area (Å²) in [6.45, 7) is 4.84. The summed E-state index contributed by atoms with van der Waals surface area (Å²) in [5.41, 5.74) is 0.910.